The zero-order chi connectivity index (χ0) is 11.5. The molecule has 0 saturated heterocycles. The second-order valence-electron chi connectivity index (χ2n) is 4.10. The van der Waals surface area contributed by atoms with Gasteiger partial charge in [0.05, 0.1) is 12.2 Å². The van der Waals surface area contributed by atoms with E-state index in [4.69, 9.17) is 0 Å². The number of aromatic nitrogens is 2. The molecule has 0 amide bonds. The fourth-order valence-electron chi connectivity index (χ4n) is 1.62. The Bertz CT molecular complexity index is 486. The standard InChI is InChI=1S/C13H17N3/c1-10-4-5-12(8-11(10)2)14-9-13-6-7-15-16(13)3/h4-8,14H,9H2,1-3H3. The number of anilines is 1. The quantitative estimate of drug-likeness (QED) is 0.853. The Morgan fingerprint density at radius 3 is 2.62 bits per heavy atom. The summed E-state index contributed by atoms with van der Waals surface area (Å²) in [5.74, 6) is 0. The third-order valence-electron chi connectivity index (χ3n) is 2.90. The Morgan fingerprint density at radius 2 is 2.00 bits per heavy atom. The maximum Gasteiger partial charge on any atom is 0.0571 e. The summed E-state index contributed by atoms with van der Waals surface area (Å²) in [7, 11) is 1.96. The van der Waals surface area contributed by atoms with Gasteiger partial charge in [0.15, 0.2) is 0 Å². The molecule has 1 heterocycles. The maximum absolute atomic E-state index is 4.14. The number of rotatable bonds is 3. The molecule has 0 radical (unpaired) electrons. The van der Waals surface area contributed by atoms with Crippen LogP contribution in [0.5, 0.6) is 0 Å². The van der Waals surface area contributed by atoms with E-state index in [1.165, 1.54) is 16.8 Å². The van der Waals surface area contributed by atoms with Gasteiger partial charge in [0.1, 0.15) is 0 Å². The molecule has 3 heteroatoms. The highest BCUT2D eigenvalue weighted by molar-refractivity contribution is 5.48. The molecule has 2 rings (SSSR count). The van der Waals surface area contributed by atoms with Crippen molar-refractivity contribution in [3.8, 4) is 0 Å². The van der Waals surface area contributed by atoms with Gasteiger partial charge in [-0.3, -0.25) is 4.68 Å². The number of benzene rings is 1. The van der Waals surface area contributed by atoms with Crippen LogP contribution in [0.25, 0.3) is 0 Å². The van der Waals surface area contributed by atoms with E-state index in [1.807, 2.05) is 24.0 Å². The molecule has 0 fully saturated rings. The molecule has 1 aromatic carbocycles. The molecular formula is C13H17N3. The molecule has 0 spiro atoms. The van der Waals surface area contributed by atoms with Crippen molar-refractivity contribution in [3.05, 3.63) is 47.3 Å². The Labute approximate surface area is 96.1 Å². The van der Waals surface area contributed by atoms with Crippen molar-refractivity contribution in [2.24, 2.45) is 7.05 Å². The molecule has 0 unspecified atom stereocenters. The van der Waals surface area contributed by atoms with Crippen LogP contribution in [0.3, 0.4) is 0 Å². The van der Waals surface area contributed by atoms with Crippen molar-refractivity contribution in [2.75, 3.05) is 5.32 Å². The van der Waals surface area contributed by atoms with Crippen LogP contribution in [-0.4, -0.2) is 9.78 Å². The first kappa shape index (κ1) is 10.7. The van der Waals surface area contributed by atoms with Gasteiger partial charge in [-0.05, 0) is 43.2 Å². The Morgan fingerprint density at radius 1 is 1.19 bits per heavy atom. The SMILES string of the molecule is Cc1ccc(NCc2ccnn2C)cc1C. The second-order valence-corrected chi connectivity index (χ2v) is 4.10. The van der Waals surface area contributed by atoms with Gasteiger partial charge in [0.25, 0.3) is 0 Å². The van der Waals surface area contributed by atoms with Crippen LogP contribution >= 0.6 is 0 Å². The number of hydrogen-bond acceptors (Lipinski definition) is 2. The third kappa shape index (κ3) is 2.24. The zero-order valence-corrected chi connectivity index (χ0v) is 9.99. The highest BCUT2D eigenvalue weighted by atomic mass is 15.3. The molecule has 3 nitrogen and oxygen atoms in total. The van der Waals surface area contributed by atoms with E-state index in [2.05, 4.69) is 42.5 Å². The van der Waals surface area contributed by atoms with Crippen molar-refractivity contribution >= 4 is 5.69 Å². The van der Waals surface area contributed by atoms with Gasteiger partial charge in [-0.25, -0.2) is 0 Å². The summed E-state index contributed by atoms with van der Waals surface area (Å²) in [4.78, 5) is 0. The summed E-state index contributed by atoms with van der Waals surface area (Å²) in [6.45, 7) is 5.06. The summed E-state index contributed by atoms with van der Waals surface area (Å²) in [6, 6.07) is 8.44. The van der Waals surface area contributed by atoms with Gasteiger partial charge < -0.3 is 5.32 Å². The predicted octanol–water partition coefficient (Wildman–Crippen LogP) is 2.65. The summed E-state index contributed by atoms with van der Waals surface area (Å²) in [5.41, 5.74) is 4.98. The van der Waals surface area contributed by atoms with Gasteiger partial charge in [0.2, 0.25) is 0 Å². The Hall–Kier alpha value is -1.77. The lowest BCUT2D eigenvalue weighted by Gasteiger charge is -2.08. The summed E-state index contributed by atoms with van der Waals surface area (Å²) < 4.78 is 1.88. The number of hydrogen-bond donors (Lipinski definition) is 1. The average Bonchev–Trinajstić information content (AvgIpc) is 2.66. The number of nitrogens with zero attached hydrogens (tertiary/aromatic N) is 2. The van der Waals surface area contributed by atoms with Gasteiger partial charge >= 0.3 is 0 Å². The zero-order valence-electron chi connectivity index (χ0n) is 9.99. The van der Waals surface area contributed by atoms with E-state index in [0.29, 0.717) is 0 Å². The lowest BCUT2D eigenvalue weighted by molar-refractivity contribution is 0.720. The summed E-state index contributed by atoms with van der Waals surface area (Å²) in [5, 5.41) is 7.53. The van der Waals surface area contributed by atoms with Crippen LogP contribution in [0.15, 0.2) is 30.5 Å². The highest BCUT2D eigenvalue weighted by Gasteiger charge is 1.99. The minimum absolute atomic E-state index is 0.805. The smallest absolute Gasteiger partial charge is 0.0571 e. The predicted molar refractivity (Wildman–Crippen MR) is 66.5 cm³/mol. The van der Waals surface area contributed by atoms with E-state index >= 15 is 0 Å². The highest BCUT2D eigenvalue weighted by Crippen LogP contribution is 2.14. The fraction of sp³-hybridized carbons (Fsp3) is 0.308. The monoisotopic (exact) mass is 215 g/mol. The molecule has 0 aliphatic carbocycles. The molecule has 0 aliphatic heterocycles. The molecule has 0 saturated carbocycles. The topological polar surface area (TPSA) is 29.9 Å². The molecule has 84 valence electrons. The van der Waals surface area contributed by atoms with Crippen molar-refractivity contribution in [1.29, 1.82) is 0 Å². The number of nitrogens with one attached hydrogen (secondary N) is 1. The van der Waals surface area contributed by atoms with Gasteiger partial charge in [-0.1, -0.05) is 6.07 Å². The Kier molecular flexibility index (Phi) is 2.95. The molecule has 16 heavy (non-hydrogen) atoms. The van der Waals surface area contributed by atoms with Crippen LogP contribution in [0.4, 0.5) is 5.69 Å². The lowest BCUT2D eigenvalue weighted by atomic mass is 10.1. The second kappa shape index (κ2) is 4.39. The number of aryl methyl sites for hydroxylation is 3. The molecule has 2 aromatic rings. The molecule has 0 bridgehead atoms. The van der Waals surface area contributed by atoms with E-state index < -0.39 is 0 Å². The van der Waals surface area contributed by atoms with Crippen LogP contribution in [0.1, 0.15) is 16.8 Å². The molecule has 1 N–H and O–H groups in total. The first-order chi connectivity index (χ1) is 7.66. The maximum atomic E-state index is 4.14. The molecule has 0 atom stereocenters. The lowest BCUT2D eigenvalue weighted by Crippen LogP contribution is -2.05. The third-order valence-corrected chi connectivity index (χ3v) is 2.90. The minimum Gasteiger partial charge on any atom is -0.379 e. The largest absolute Gasteiger partial charge is 0.379 e. The van der Waals surface area contributed by atoms with E-state index in [9.17, 15) is 0 Å². The molecule has 1 aromatic heterocycles. The Balaban J connectivity index is 2.05. The van der Waals surface area contributed by atoms with Crippen molar-refractivity contribution in [2.45, 2.75) is 20.4 Å². The van der Waals surface area contributed by atoms with Crippen molar-refractivity contribution in [1.82, 2.24) is 9.78 Å². The first-order valence-corrected chi connectivity index (χ1v) is 5.45. The van der Waals surface area contributed by atoms with Crippen LogP contribution < -0.4 is 5.32 Å². The van der Waals surface area contributed by atoms with Gasteiger partial charge in [-0.15, -0.1) is 0 Å². The van der Waals surface area contributed by atoms with E-state index in [-0.39, 0.29) is 0 Å². The van der Waals surface area contributed by atoms with Crippen molar-refractivity contribution in [3.63, 3.8) is 0 Å². The summed E-state index contributed by atoms with van der Waals surface area (Å²) in [6.07, 6.45) is 1.82. The summed E-state index contributed by atoms with van der Waals surface area (Å²) >= 11 is 0. The first-order valence-electron chi connectivity index (χ1n) is 5.45. The molecule has 0 aliphatic rings. The minimum atomic E-state index is 0.805. The van der Waals surface area contributed by atoms with E-state index in [1.54, 1.807) is 0 Å². The fourth-order valence-corrected chi connectivity index (χ4v) is 1.62. The van der Waals surface area contributed by atoms with Gasteiger partial charge in [-0.2, -0.15) is 5.10 Å². The average molecular weight is 215 g/mol. The van der Waals surface area contributed by atoms with Crippen LogP contribution in [0, 0.1) is 13.8 Å². The van der Waals surface area contributed by atoms with Crippen molar-refractivity contribution < 1.29 is 0 Å². The van der Waals surface area contributed by atoms with E-state index in [0.717, 1.165) is 12.2 Å². The van der Waals surface area contributed by atoms with Gasteiger partial charge in [0, 0.05) is 18.9 Å². The molecular weight excluding hydrogens is 198 g/mol. The van der Waals surface area contributed by atoms with Crippen LogP contribution in [-0.2, 0) is 13.6 Å². The van der Waals surface area contributed by atoms with Crippen LogP contribution in [0.2, 0.25) is 0 Å². The normalized spacial score (nSPS) is 10.4.